The molecule has 2 atom stereocenters. The van der Waals surface area contributed by atoms with Gasteiger partial charge in [0, 0.05) is 91.7 Å². The second-order valence-corrected chi connectivity index (χ2v) is 11.3. The Hall–Kier alpha value is -4.38. The van der Waals surface area contributed by atoms with Crippen molar-refractivity contribution in [1.29, 1.82) is 0 Å². The van der Waals surface area contributed by atoms with Gasteiger partial charge in [-0.05, 0) is 43.5 Å². The first-order valence-electron chi connectivity index (χ1n) is 13.6. The van der Waals surface area contributed by atoms with Gasteiger partial charge in [0.05, 0.1) is 11.4 Å². The number of carbonyl (C=O) groups is 1. The average molecular weight is 559 g/mol. The molecule has 3 aliphatic rings. The minimum Gasteiger partial charge on any atom is -0.477 e. The Balaban J connectivity index is 1.54. The van der Waals surface area contributed by atoms with Gasteiger partial charge in [0.1, 0.15) is 11.2 Å². The standard InChI is InChI=1S/C30H28F2N6O3/c1-14-6-16(12-38-28(14)35-10-19(29(38)39)30(40)41)18-9-34-22-7-17-21(33-2)8-20(31)26(32)24(17)25(22)27(18)37-5-4-15-11-36(3)13-23(15)37/h6,8-10,12,15,23,33H,4-5,7,11,13H2,1-3H3,(H,40,41). The highest BCUT2D eigenvalue weighted by atomic mass is 19.2. The quantitative estimate of drug-likeness (QED) is 0.344. The van der Waals surface area contributed by atoms with Crippen LogP contribution >= 0.6 is 0 Å². The summed E-state index contributed by atoms with van der Waals surface area (Å²) in [6, 6.07) is 3.24. The van der Waals surface area contributed by atoms with Gasteiger partial charge < -0.3 is 20.2 Å². The second-order valence-electron chi connectivity index (χ2n) is 11.3. The molecule has 210 valence electrons. The Morgan fingerprint density at radius 2 is 1.95 bits per heavy atom. The molecule has 5 heterocycles. The third-order valence-electron chi connectivity index (χ3n) is 8.87. The molecule has 9 nitrogen and oxygen atoms in total. The maximum Gasteiger partial charge on any atom is 0.342 e. The molecule has 41 heavy (non-hydrogen) atoms. The van der Waals surface area contributed by atoms with Crippen LogP contribution < -0.4 is 15.8 Å². The number of benzene rings is 1. The topological polar surface area (TPSA) is 103 Å². The number of carboxylic acid groups (broad SMARTS) is 1. The summed E-state index contributed by atoms with van der Waals surface area (Å²) in [6.07, 6.45) is 5.70. The van der Waals surface area contributed by atoms with E-state index in [2.05, 4.69) is 27.1 Å². The van der Waals surface area contributed by atoms with Gasteiger partial charge in [-0.1, -0.05) is 0 Å². The number of aromatic carboxylic acids is 1. The van der Waals surface area contributed by atoms with E-state index in [0.29, 0.717) is 57.2 Å². The van der Waals surface area contributed by atoms with Crippen molar-refractivity contribution in [1.82, 2.24) is 19.3 Å². The second kappa shape index (κ2) is 9.07. The summed E-state index contributed by atoms with van der Waals surface area (Å²) in [5, 5.41) is 12.5. The molecule has 2 N–H and O–H groups in total. The average Bonchev–Trinajstić information content (AvgIpc) is 3.62. The van der Waals surface area contributed by atoms with Crippen molar-refractivity contribution in [2.45, 2.75) is 25.8 Å². The molecular weight excluding hydrogens is 530 g/mol. The molecule has 0 saturated carbocycles. The minimum atomic E-state index is -1.36. The molecule has 0 spiro atoms. The number of fused-ring (bicyclic) bond motifs is 5. The van der Waals surface area contributed by atoms with Gasteiger partial charge in [0.2, 0.25) is 0 Å². The number of nitrogens with one attached hydrogen (secondary N) is 1. The van der Waals surface area contributed by atoms with Crippen molar-refractivity contribution in [2.24, 2.45) is 5.92 Å². The molecule has 0 radical (unpaired) electrons. The maximum atomic E-state index is 15.7. The number of carboxylic acids is 1. The number of aryl methyl sites for hydroxylation is 1. The van der Waals surface area contributed by atoms with Crippen molar-refractivity contribution >= 4 is 23.0 Å². The number of rotatable bonds is 4. The Labute approximate surface area is 234 Å². The lowest BCUT2D eigenvalue weighted by Gasteiger charge is -2.31. The zero-order valence-electron chi connectivity index (χ0n) is 22.8. The lowest BCUT2D eigenvalue weighted by molar-refractivity contribution is 0.0694. The van der Waals surface area contributed by atoms with Crippen molar-refractivity contribution in [2.75, 3.05) is 43.9 Å². The first kappa shape index (κ1) is 25.6. The zero-order valence-corrected chi connectivity index (χ0v) is 22.8. The number of likely N-dealkylation sites (N-methyl/N-ethyl adjacent to an activating group) is 1. The number of halogens is 2. The van der Waals surface area contributed by atoms with Crippen molar-refractivity contribution in [3.63, 3.8) is 0 Å². The van der Waals surface area contributed by atoms with Crippen LogP contribution in [0.1, 0.15) is 33.6 Å². The molecule has 2 saturated heterocycles. The number of hydrogen-bond donors (Lipinski definition) is 2. The Bertz CT molecular complexity index is 1860. The summed E-state index contributed by atoms with van der Waals surface area (Å²) in [7, 11) is 3.77. The van der Waals surface area contributed by atoms with Crippen molar-refractivity contribution in [3.05, 3.63) is 75.1 Å². The summed E-state index contributed by atoms with van der Waals surface area (Å²) < 4.78 is 31.9. The van der Waals surface area contributed by atoms with E-state index in [1.54, 1.807) is 26.4 Å². The molecule has 1 aromatic carbocycles. The van der Waals surface area contributed by atoms with Gasteiger partial charge in [-0.2, -0.15) is 0 Å². The monoisotopic (exact) mass is 558 g/mol. The van der Waals surface area contributed by atoms with Crippen LogP contribution in [0.2, 0.25) is 0 Å². The normalized spacial score (nSPS) is 19.5. The molecule has 11 heteroatoms. The van der Waals surface area contributed by atoms with E-state index in [1.807, 2.05) is 6.07 Å². The third kappa shape index (κ3) is 3.68. The molecule has 1 aliphatic carbocycles. The highest BCUT2D eigenvalue weighted by Gasteiger charge is 2.43. The van der Waals surface area contributed by atoms with Crippen LogP contribution in [0.4, 0.5) is 20.2 Å². The van der Waals surface area contributed by atoms with E-state index in [1.165, 1.54) is 10.5 Å². The number of pyridine rings is 2. The van der Waals surface area contributed by atoms with Gasteiger partial charge >= 0.3 is 5.97 Å². The van der Waals surface area contributed by atoms with E-state index in [0.717, 1.165) is 37.9 Å². The van der Waals surface area contributed by atoms with Crippen LogP contribution in [0.5, 0.6) is 0 Å². The van der Waals surface area contributed by atoms with Gasteiger partial charge in [0.15, 0.2) is 11.6 Å². The molecule has 2 unspecified atom stereocenters. The molecule has 0 bridgehead atoms. The molecule has 4 aromatic rings. The Morgan fingerprint density at radius 1 is 1.15 bits per heavy atom. The number of nitrogens with zero attached hydrogens (tertiary/aromatic N) is 5. The SMILES string of the molecule is CNc1cc(F)c(F)c2c1Cc1ncc(-c3cc(C)c4ncc(C(=O)O)c(=O)n4c3)c(N3CCC4CN(C)CC43)c1-2. The van der Waals surface area contributed by atoms with Crippen molar-refractivity contribution < 1.29 is 18.7 Å². The first-order chi connectivity index (χ1) is 19.7. The summed E-state index contributed by atoms with van der Waals surface area (Å²) in [5.41, 5.74) is 4.55. The minimum absolute atomic E-state index is 0.180. The van der Waals surface area contributed by atoms with Crippen molar-refractivity contribution in [3.8, 4) is 22.3 Å². The molecule has 7 rings (SSSR count). The first-order valence-corrected chi connectivity index (χ1v) is 13.6. The van der Waals surface area contributed by atoms with E-state index in [9.17, 15) is 19.1 Å². The van der Waals surface area contributed by atoms with Gasteiger partial charge in [-0.3, -0.25) is 14.2 Å². The van der Waals surface area contributed by atoms with E-state index >= 15 is 4.39 Å². The fourth-order valence-electron chi connectivity index (χ4n) is 7.04. The Kier molecular flexibility index (Phi) is 5.66. The molecule has 3 aromatic heterocycles. The van der Waals surface area contributed by atoms with Crippen LogP contribution in [0.25, 0.3) is 27.9 Å². The smallest absolute Gasteiger partial charge is 0.342 e. The molecule has 2 aliphatic heterocycles. The van der Waals surface area contributed by atoms with Crippen LogP contribution in [0.3, 0.4) is 0 Å². The van der Waals surface area contributed by atoms with Crippen LogP contribution in [0, 0.1) is 24.5 Å². The Morgan fingerprint density at radius 3 is 2.71 bits per heavy atom. The lowest BCUT2D eigenvalue weighted by atomic mass is 9.96. The summed E-state index contributed by atoms with van der Waals surface area (Å²) in [6.45, 7) is 4.34. The number of aromatic nitrogens is 3. The van der Waals surface area contributed by atoms with Gasteiger partial charge in [-0.15, -0.1) is 0 Å². The number of likely N-dealkylation sites (tertiary alicyclic amines) is 1. The molecule has 2 fully saturated rings. The fraction of sp³-hybridized carbons (Fsp3) is 0.333. The number of anilines is 2. The van der Waals surface area contributed by atoms with E-state index in [-0.39, 0.29) is 11.6 Å². The zero-order chi connectivity index (χ0) is 28.7. The predicted molar refractivity (Wildman–Crippen MR) is 151 cm³/mol. The number of hydrogen-bond acceptors (Lipinski definition) is 7. The van der Waals surface area contributed by atoms with Crippen LogP contribution in [-0.2, 0) is 6.42 Å². The van der Waals surface area contributed by atoms with E-state index in [4.69, 9.17) is 4.98 Å². The van der Waals surface area contributed by atoms with Crippen LogP contribution in [0.15, 0.2) is 35.5 Å². The molecule has 0 amide bonds. The summed E-state index contributed by atoms with van der Waals surface area (Å²) >= 11 is 0. The van der Waals surface area contributed by atoms with Gasteiger partial charge in [-0.25, -0.2) is 18.6 Å². The largest absolute Gasteiger partial charge is 0.477 e. The van der Waals surface area contributed by atoms with Crippen LogP contribution in [-0.4, -0.2) is 70.1 Å². The highest BCUT2D eigenvalue weighted by molar-refractivity contribution is 5.97. The maximum absolute atomic E-state index is 15.7. The van der Waals surface area contributed by atoms with E-state index < -0.39 is 28.7 Å². The van der Waals surface area contributed by atoms with Gasteiger partial charge in [0.25, 0.3) is 5.56 Å². The third-order valence-corrected chi connectivity index (χ3v) is 8.87. The fourth-order valence-corrected chi connectivity index (χ4v) is 7.04. The summed E-state index contributed by atoms with van der Waals surface area (Å²) in [4.78, 5) is 38.4. The highest BCUT2D eigenvalue weighted by Crippen LogP contribution is 2.52. The summed E-state index contributed by atoms with van der Waals surface area (Å²) in [5.74, 6) is -2.76. The molecular formula is C30H28F2N6O3. The lowest BCUT2D eigenvalue weighted by Crippen LogP contribution is -2.35. The predicted octanol–water partition coefficient (Wildman–Crippen LogP) is 3.79.